The molecule has 2 heteroatoms. The number of aliphatic hydroxyl groups is 1. The molecule has 0 bridgehead atoms. The molecule has 1 heterocycles. The third-order valence-electron chi connectivity index (χ3n) is 2.77. The van der Waals surface area contributed by atoms with Gasteiger partial charge in [-0.2, -0.15) is 0 Å². The van der Waals surface area contributed by atoms with Gasteiger partial charge in [0.1, 0.15) is 6.10 Å². The average molecular weight is 142 g/mol. The van der Waals surface area contributed by atoms with Crippen LogP contribution in [0.4, 0.5) is 0 Å². The Bertz CT molecular complexity index is 127. The maximum atomic E-state index is 8.80. The lowest BCUT2D eigenvalue weighted by Gasteiger charge is -2.17. The summed E-state index contributed by atoms with van der Waals surface area (Å²) in [4.78, 5) is 0. The second-order valence-corrected chi connectivity index (χ2v) is 3.41. The molecule has 1 saturated heterocycles. The van der Waals surface area contributed by atoms with E-state index in [4.69, 9.17) is 9.84 Å². The van der Waals surface area contributed by atoms with Crippen LogP contribution in [-0.2, 0) is 4.74 Å². The van der Waals surface area contributed by atoms with Gasteiger partial charge < -0.3 is 9.84 Å². The first kappa shape index (κ1) is 6.62. The van der Waals surface area contributed by atoms with Crippen LogP contribution >= 0.6 is 0 Å². The highest BCUT2D eigenvalue weighted by molar-refractivity contribution is 5.03. The third-order valence-corrected chi connectivity index (χ3v) is 2.77. The highest BCUT2D eigenvalue weighted by atomic mass is 16.6. The van der Waals surface area contributed by atoms with Crippen molar-refractivity contribution >= 4 is 0 Å². The fourth-order valence-corrected chi connectivity index (χ4v) is 2.04. The SMILES string of the molecule is OCC1OC12CCCCC2. The van der Waals surface area contributed by atoms with E-state index in [1.807, 2.05) is 0 Å². The summed E-state index contributed by atoms with van der Waals surface area (Å²) >= 11 is 0. The van der Waals surface area contributed by atoms with Gasteiger partial charge in [-0.3, -0.25) is 0 Å². The van der Waals surface area contributed by atoms with Gasteiger partial charge in [0.15, 0.2) is 0 Å². The molecule has 1 aliphatic heterocycles. The van der Waals surface area contributed by atoms with Crippen molar-refractivity contribution in [2.75, 3.05) is 6.61 Å². The lowest BCUT2D eigenvalue weighted by atomic mass is 9.87. The number of hydrogen-bond acceptors (Lipinski definition) is 2. The van der Waals surface area contributed by atoms with Crippen LogP contribution in [0, 0.1) is 0 Å². The van der Waals surface area contributed by atoms with E-state index in [9.17, 15) is 0 Å². The van der Waals surface area contributed by atoms with E-state index in [1.165, 1.54) is 32.1 Å². The molecule has 1 saturated carbocycles. The molecule has 0 aromatic heterocycles. The summed E-state index contributed by atoms with van der Waals surface area (Å²) in [5.41, 5.74) is 0.146. The molecule has 1 N–H and O–H groups in total. The Morgan fingerprint density at radius 1 is 1.30 bits per heavy atom. The summed E-state index contributed by atoms with van der Waals surface area (Å²) in [6, 6.07) is 0. The first-order chi connectivity index (χ1) is 4.87. The highest BCUT2D eigenvalue weighted by Crippen LogP contribution is 2.47. The zero-order valence-electron chi connectivity index (χ0n) is 6.18. The molecular formula is C8H14O2. The van der Waals surface area contributed by atoms with Crippen LogP contribution in [0.1, 0.15) is 32.1 Å². The van der Waals surface area contributed by atoms with Gasteiger partial charge in [-0.25, -0.2) is 0 Å². The molecule has 10 heavy (non-hydrogen) atoms. The van der Waals surface area contributed by atoms with Crippen LogP contribution in [0.15, 0.2) is 0 Å². The Labute approximate surface area is 61.2 Å². The number of aliphatic hydroxyl groups excluding tert-OH is 1. The maximum Gasteiger partial charge on any atom is 0.110 e. The van der Waals surface area contributed by atoms with Gasteiger partial charge in [-0.05, 0) is 12.8 Å². The van der Waals surface area contributed by atoms with Crippen molar-refractivity contribution in [2.24, 2.45) is 0 Å². The summed E-state index contributed by atoms with van der Waals surface area (Å²) in [6.45, 7) is 0.222. The minimum atomic E-state index is 0.146. The predicted octanol–water partition coefficient (Wildman–Crippen LogP) is 1.08. The van der Waals surface area contributed by atoms with Crippen molar-refractivity contribution in [3.8, 4) is 0 Å². The molecule has 58 valence electrons. The summed E-state index contributed by atoms with van der Waals surface area (Å²) in [5, 5.41) is 8.80. The third kappa shape index (κ3) is 0.867. The lowest BCUT2D eigenvalue weighted by molar-refractivity contribution is 0.217. The summed E-state index contributed by atoms with van der Waals surface area (Å²) < 4.78 is 5.44. The summed E-state index contributed by atoms with van der Waals surface area (Å²) in [6.07, 6.45) is 6.47. The normalized spacial score (nSPS) is 36.3. The second kappa shape index (κ2) is 2.21. The monoisotopic (exact) mass is 142 g/mol. The fraction of sp³-hybridized carbons (Fsp3) is 1.00. The van der Waals surface area contributed by atoms with Gasteiger partial charge in [0.25, 0.3) is 0 Å². The van der Waals surface area contributed by atoms with Gasteiger partial charge in [0, 0.05) is 0 Å². The number of rotatable bonds is 1. The largest absolute Gasteiger partial charge is 0.394 e. The molecule has 0 aromatic rings. The Morgan fingerprint density at radius 3 is 2.50 bits per heavy atom. The van der Waals surface area contributed by atoms with E-state index in [0.717, 1.165) is 0 Å². The Balaban J connectivity index is 1.92. The Morgan fingerprint density at radius 2 is 2.00 bits per heavy atom. The van der Waals surface area contributed by atoms with E-state index in [2.05, 4.69) is 0 Å². The van der Waals surface area contributed by atoms with Gasteiger partial charge >= 0.3 is 0 Å². The van der Waals surface area contributed by atoms with Gasteiger partial charge in [-0.15, -0.1) is 0 Å². The predicted molar refractivity (Wildman–Crippen MR) is 37.8 cm³/mol. The first-order valence-electron chi connectivity index (χ1n) is 4.16. The number of epoxide rings is 1. The molecule has 2 rings (SSSR count). The fourth-order valence-electron chi connectivity index (χ4n) is 2.04. The van der Waals surface area contributed by atoms with E-state index in [1.54, 1.807) is 0 Å². The van der Waals surface area contributed by atoms with Crippen LogP contribution < -0.4 is 0 Å². The zero-order valence-corrected chi connectivity index (χ0v) is 6.18. The molecule has 1 atom stereocenters. The quantitative estimate of drug-likeness (QED) is 0.556. The number of hydrogen-bond donors (Lipinski definition) is 1. The smallest absolute Gasteiger partial charge is 0.110 e. The zero-order chi connectivity index (χ0) is 7.03. The minimum Gasteiger partial charge on any atom is -0.394 e. The van der Waals surface area contributed by atoms with Crippen molar-refractivity contribution in [1.29, 1.82) is 0 Å². The molecule has 2 fully saturated rings. The van der Waals surface area contributed by atoms with E-state index in [0.29, 0.717) is 0 Å². The minimum absolute atomic E-state index is 0.146. The maximum absolute atomic E-state index is 8.80. The van der Waals surface area contributed by atoms with Crippen LogP contribution in [0.3, 0.4) is 0 Å². The second-order valence-electron chi connectivity index (χ2n) is 3.41. The van der Waals surface area contributed by atoms with Crippen molar-refractivity contribution in [2.45, 2.75) is 43.8 Å². The molecule has 1 aliphatic carbocycles. The molecular weight excluding hydrogens is 128 g/mol. The molecule has 1 unspecified atom stereocenters. The summed E-state index contributed by atoms with van der Waals surface area (Å²) in [5.74, 6) is 0. The van der Waals surface area contributed by atoms with Crippen LogP contribution in [0.25, 0.3) is 0 Å². The Hall–Kier alpha value is -0.0800. The standard InChI is InChI=1S/C8H14O2/c9-6-7-8(10-7)4-2-1-3-5-8/h7,9H,1-6H2. The highest BCUT2D eigenvalue weighted by Gasteiger charge is 2.55. The Kier molecular flexibility index (Phi) is 1.46. The van der Waals surface area contributed by atoms with Crippen molar-refractivity contribution < 1.29 is 9.84 Å². The van der Waals surface area contributed by atoms with E-state index >= 15 is 0 Å². The molecule has 0 aromatic carbocycles. The first-order valence-corrected chi connectivity index (χ1v) is 4.16. The van der Waals surface area contributed by atoms with Crippen LogP contribution in [-0.4, -0.2) is 23.4 Å². The van der Waals surface area contributed by atoms with Gasteiger partial charge in [-0.1, -0.05) is 19.3 Å². The molecule has 0 amide bonds. The number of ether oxygens (including phenoxy) is 1. The van der Waals surface area contributed by atoms with Crippen LogP contribution in [0.2, 0.25) is 0 Å². The lowest BCUT2D eigenvalue weighted by Crippen LogP contribution is -2.20. The van der Waals surface area contributed by atoms with Crippen LogP contribution in [0.5, 0.6) is 0 Å². The van der Waals surface area contributed by atoms with Crippen molar-refractivity contribution in [3.05, 3.63) is 0 Å². The van der Waals surface area contributed by atoms with E-state index < -0.39 is 0 Å². The van der Waals surface area contributed by atoms with Gasteiger partial charge in [0.05, 0.1) is 12.2 Å². The molecule has 1 spiro atoms. The van der Waals surface area contributed by atoms with Crippen molar-refractivity contribution in [3.63, 3.8) is 0 Å². The topological polar surface area (TPSA) is 32.8 Å². The summed E-state index contributed by atoms with van der Waals surface area (Å²) in [7, 11) is 0. The molecule has 0 radical (unpaired) electrons. The van der Waals surface area contributed by atoms with Crippen molar-refractivity contribution in [1.82, 2.24) is 0 Å². The molecule has 2 nitrogen and oxygen atoms in total. The van der Waals surface area contributed by atoms with E-state index in [-0.39, 0.29) is 18.3 Å². The molecule has 2 aliphatic rings. The van der Waals surface area contributed by atoms with Gasteiger partial charge in [0.2, 0.25) is 0 Å². The average Bonchev–Trinajstić information content (AvgIpc) is 2.65.